The van der Waals surface area contributed by atoms with Gasteiger partial charge in [-0.2, -0.15) is 5.10 Å². The van der Waals surface area contributed by atoms with E-state index in [1.54, 1.807) is 28.7 Å². The van der Waals surface area contributed by atoms with Crippen molar-refractivity contribution >= 4 is 64.8 Å². The molecule has 2 atom stereocenters. The van der Waals surface area contributed by atoms with Gasteiger partial charge in [0.2, 0.25) is 0 Å². The molecule has 5 aromatic rings. The number of hydrogen-bond donors (Lipinski definition) is 1. The summed E-state index contributed by atoms with van der Waals surface area (Å²) < 4.78 is 23.9. The van der Waals surface area contributed by atoms with E-state index in [4.69, 9.17) is 32.7 Å². The number of alkyl halides is 1. The van der Waals surface area contributed by atoms with Gasteiger partial charge in [-0.25, -0.2) is 14.4 Å². The van der Waals surface area contributed by atoms with Gasteiger partial charge in [-0.05, 0) is 41.7 Å². The second-order valence-electron chi connectivity index (χ2n) is 12.9. The highest BCUT2D eigenvalue weighted by Crippen LogP contribution is 2.40. The molecule has 0 saturated carbocycles. The molecule has 1 amide bonds. The van der Waals surface area contributed by atoms with Crippen LogP contribution in [0.3, 0.4) is 0 Å². The van der Waals surface area contributed by atoms with Crippen molar-refractivity contribution in [3.05, 3.63) is 81.4 Å². The van der Waals surface area contributed by atoms with E-state index in [-0.39, 0.29) is 18.0 Å². The highest BCUT2D eigenvalue weighted by Gasteiger charge is 2.37. The maximum atomic E-state index is 14.3. The summed E-state index contributed by atoms with van der Waals surface area (Å²) in [5.41, 5.74) is 4.34. The molecule has 0 bridgehead atoms. The van der Waals surface area contributed by atoms with E-state index in [2.05, 4.69) is 61.3 Å². The zero-order valence-electron chi connectivity index (χ0n) is 25.8. The smallest absolute Gasteiger partial charge is 0.257 e. The number of carbonyl (C=O) groups excluding carboxylic acids is 1. The molecule has 0 radical (unpaired) electrons. The molecule has 0 saturated heterocycles. The van der Waals surface area contributed by atoms with Gasteiger partial charge in [0, 0.05) is 47.4 Å². The SMILES string of the molecule is CC(C)(C)[Si](C)(C)OCCc1ccc(-c2cc(Cl)c3cn(C(C(=O)Nc4nccs4)c4ncn5c4C[C@@H](F)C5)nc3c2Cl)cc1. The molecule has 3 aromatic heterocycles. The van der Waals surface area contributed by atoms with Gasteiger partial charge in [-0.15, -0.1) is 11.3 Å². The number of carbonyl (C=O) groups is 1. The highest BCUT2D eigenvalue weighted by atomic mass is 35.5. The number of halogens is 3. The quantitative estimate of drug-likeness (QED) is 0.158. The maximum absolute atomic E-state index is 14.3. The average molecular weight is 686 g/mol. The van der Waals surface area contributed by atoms with Crippen LogP contribution in [0.15, 0.2) is 54.4 Å². The Labute approximate surface area is 276 Å². The van der Waals surface area contributed by atoms with E-state index in [0.29, 0.717) is 44.1 Å². The number of aromatic nitrogens is 5. The summed E-state index contributed by atoms with van der Waals surface area (Å²) in [7, 11) is -1.81. The Hall–Kier alpha value is -3.09. The van der Waals surface area contributed by atoms with Crippen LogP contribution >= 0.6 is 34.5 Å². The second kappa shape index (κ2) is 12.3. The number of amides is 1. The minimum atomic E-state index is -1.81. The van der Waals surface area contributed by atoms with Crippen molar-refractivity contribution in [3.8, 4) is 11.1 Å². The number of anilines is 1. The Morgan fingerprint density at radius 2 is 1.98 bits per heavy atom. The standard InChI is InChI=1S/C32H35Cl2FN6O2SSi/c1-32(2,3)45(4,5)43-12-10-19-6-8-20(9-7-19)22-15-24(33)23-17-41(39-27(23)26(22)34)29(30(42)38-31-36-11-13-44-31)28-25-14-21(35)16-40(25)18-37-28/h6-9,11,13,15,17-18,21,29H,10,12,14,16H2,1-5H3,(H,36,38,42)/t21-,29?/m1/s1. The van der Waals surface area contributed by atoms with Crippen molar-refractivity contribution < 1.29 is 13.6 Å². The number of nitrogens with zero attached hydrogens (tertiary/aromatic N) is 5. The van der Waals surface area contributed by atoms with Crippen molar-refractivity contribution in [1.29, 1.82) is 0 Å². The minimum Gasteiger partial charge on any atom is -0.416 e. The molecule has 2 aromatic carbocycles. The Morgan fingerprint density at radius 3 is 2.67 bits per heavy atom. The molecule has 1 aliphatic heterocycles. The third kappa shape index (κ3) is 6.33. The van der Waals surface area contributed by atoms with Crippen molar-refractivity contribution in [2.45, 2.75) is 70.5 Å². The molecule has 0 spiro atoms. The van der Waals surface area contributed by atoms with E-state index in [1.807, 2.05) is 18.2 Å². The number of thiazole rings is 1. The fraction of sp³-hybridized carbons (Fsp3) is 0.375. The summed E-state index contributed by atoms with van der Waals surface area (Å²) in [5.74, 6) is -0.401. The van der Waals surface area contributed by atoms with Gasteiger partial charge < -0.3 is 8.99 Å². The third-order valence-electron chi connectivity index (χ3n) is 8.85. The van der Waals surface area contributed by atoms with E-state index < -0.39 is 26.4 Å². The van der Waals surface area contributed by atoms with Crippen molar-refractivity contribution in [2.24, 2.45) is 0 Å². The number of rotatable bonds is 9. The lowest BCUT2D eigenvalue weighted by Crippen LogP contribution is -2.41. The first-order chi connectivity index (χ1) is 21.3. The van der Waals surface area contributed by atoms with Crippen LogP contribution in [0.1, 0.15) is 43.8 Å². The molecule has 8 nitrogen and oxygen atoms in total. The Bertz CT molecular complexity index is 1850. The number of imidazole rings is 1. The molecule has 1 aliphatic rings. The predicted molar refractivity (Wildman–Crippen MR) is 182 cm³/mol. The van der Waals surface area contributed by atoms with Crippen molar-refractivity contribution in [3.63, 3.8) is 0 Å². The summed E-state index contributed by atoms with van der Waals surface area (Å²) in [5, 5.41) is 11.5. The lowest BCUT2D eigenvalue weighted by molar-refractivity contribution is -0.118. The largest absolute Gasteiger partial charge is 0.416 e. The van der Waals surface area contributed by atoms with Crippen molar-refractivity contribution in [2.75, 3.05) is 11.9 Å². The maximum Gasteiger partial charge on any atom is 0.257 e. The van der Waals surface area contributed by atoms with E-state index >= 15 is 0 Å². The number of hydrogen-bond acceptors (Lipinski definition) is 6. The average Bonchev–Trinajstić information content (AvgIpc) is 3.77. The lowest BCUT2D eigenvalue weighted by Gasteiger charge is -2.36. The van der Waals surface area contributed by atoms with Crippen LogP contribution in [0.2, 0.25) is 28.2 Å². The van der Waals surface area contributed by atoms with Gasteiger partial charge in [-0.1, -0.05) is 68.2 Å². The summed E-state index contributed by atoms with van der Waals surface area (Å²) in [4.78, 5) is 22.4. The third-order valence-corrected chi connectivity index (χ3v) is 14.8. The molecule has 13 heteroatoms. The van der Waals surface area contributed by atoms with E-state index in [0.717, 1.165) is 17.5 Å². The van der Waals surface area contributed by atoms with Gasteiger partial charge >= 0.3 is 0 Å². The van der Waals surface area contributed by atoms with Gasteiger partial charge in [0.25, 0.3) is 5.91 Å². The van der Waals surface area contributed by atoms with Crippen LogP contribution < -0.4 is 5.32 Å². The first-order valence-electron chi connectivity index (χ1n) is 14.8. The molecule has 0 aliphatic carbocycles. The fourth-order valence-electron chi connectivity index (χ4n) is 5.30. The Balaban J connectivity index is 1.30. The molecule has 6 rings (SSSR count). The summed E-state index contributed by atoms with van der Waals surface area (Å²) >= 11 is 15.1. The van der Waals surface area contributed by atoms with Crippen LogP contribution in [0.4, 0.5) is 9.52 Å². The van der Waals surface area contributed by atoms with Gasteiger partial charge in [0.1, 0.15) is 11.7 Å². The van der Waals surface area contributed by atoms with Crippen LogP contribution in [-0.2, 0) is 28.6 Å². The van der Waals surface area contributed by atoms with Crippen molar-refractivity contribution in [1.82, 2.24) is 24.3 Å². The van der Waals surface area contributed by atoms with E-state index in [9.17, 15) is 9.18 Å². The number of benzene rings is 2. The summed E-state index contributed by atoms with van der Waals surface area (Å²) in [6.45, 7) is 12.1. The van der Waals surface area contributed by atoms with Gasteiger partial charge in [-0.3, -0.25) is 14.8 Å². The zero-order chi connectivity index (χ0) is 32.1. The summed E-state index contributed by atoms with van der Waals surface area (Å²) in [6.07, 6.45) is 4.81. The van der Waals surface area contributed by atoms with Crippen LogP contribution in [-0.4, -0.2) is 51.3 Å². The Kier molecular flexibility index (Phi) is 8.68. The van der Waals surface area contributed by atoms with Gasteiger partial charge in [0.05, 0.1) is 28.6 Å². The number of nitrogens with one attached hydrogen (secondary N) is 1. The van der Waals surface area contributed by atoms with Crippen LogP contribution in [0.25, 0.3) is 22.0 Å². The summed E-state index contributed by atoms with van der Waals surface area (Å²) in [6, 6.07) is 9.02. The van der Waals surface area contributed by atoms with Crippen LogP contribution in [0, 0.1) is 0 Å². The molecule has 0 fully saturated rings. The molecule has 1 unspecified atom stereocenters. The fourth-order valence-corrected chi connectivity index (χ4v) is 7.43. The lowest BCUT2D eigenvalue weighted by atomic mass is 10.0. The predicted octanol–water partition coefficient (Wildman–Crippen LogP) is 8.35. The molecule has 236 valence electrons. The van der Waals surface area contributed by atoms with E-state index in [1.165, 1.54) is 21.6 Å². The monoisotopic (exact) mass is 684 g/mol. The molecule has 1 N–H and O–H groups in total. The second-order valence-corrected chi connectivity index (χ2v) is 19.4. The first kappa shape index (κ1) is 31.9. The van der Waals surface area contributed by atoms with Crippen LogP contribution in [0.5, 0.6) is 0 Å². The molecule has 45 heavy (non-hydrogen) atoms. The molecular formula is C32H35Cl2FN6O2SSi. The molecule has 4 heterocycles. The zero-order valence-corrected chi connectivity index (χ0v) is 29.1. The Morgan fingerprint density at radius 1 is 1.22 bits per heavy atom. The number of fused-ring (bicyclic) bond motifs is 2. The highest BCUT2D eigenvalue weighted by molar-refractivity contribution is 7.13. The topological polar surface area (TPSA) is 86.9 Å². The molecular weight excluding hydrogens is 650 g/mol. The first-order valence-corrected chi connectivity index (χ1v) is 19.4. The minimum absolute atomic E-state index is 0.166. The van der Waals surface area contributed by atoms with Gasteiger partial charge in [0.15, 0.2) is 19.5 Å². The normalized spacial score (nSPS) is 15.9.